The van der Waals surface area contributed by atoms with Crippen molar-refractivity contribution in [1.29, 1.82) is 0 Å². The number of pyridine rings is 1. The zero-order valence-corrected chi connectivity index (χ0v) is 13.2. The molecular formula is C17H26N4. The molecule has 0 spiro atoms. The number of nitrogens with one attached hydrogen (secondary N) is 1. The number of rotatable bonds is 5. The van der Waals surface area contributed by atoms with Crippen molar-refractivity contribution in [1.82, 2.24) is 14.6 Å². The van der Waals surface area contributed by atoms with Crippen LogP contribution < -0.4 is 5.43 Å². The molecule has 0 aromatic carbocycles. The van der Waals surface area contributed by atoms with Gasteiger partial charge in [-0.25, -0.2) is 14.6 Å². The van der Waals surface area contributed by atoms with Crippen LogP contribution in [0.4, 0.5) is 0 Å². The number of hydrogen-bond acceptors (Lipinski definition) is 3. The van der Waals surface area contributed by atoms with Crippen molar-refractivity contribution >= 4 is 11.2 Å². The first-order valence-corrected chi connectivity index (χ1v) is 8.39. The second-order valence-corrected chi connectivity index (χ2v) is 6.20. The smallest absolute Gasteiger partial charge is 0.179 e. The van der Waals surface area contributed by atoms with Crippen LogP contribution in [0.25, 0.3) is 11.2 Å². The molecule has 0 atom stereocenters. The first-order chi connectivity index (χ1) is 10.3. The predicted molar refractivity (Wildman–Crippen MR) is 87.2 cm³/mol. The standard InChI is InChI=1S/C17H26N4/c1-3-4-11-19-21-16(14-8-6-5-7-9-14)20-15-13(2)10-12-18-17(15)21/h10,12,14,19H,3-9,11H2,1-2H3. The molecule has 0 amide bonds. The highest BCUT2D eigenvalue weighted by Crippen LogP contribution is 2.33. The van der Waals surface area contributed by atoms with Gasteiger partial charge in [0, 0.05) is 18.7 Å². The summed E-state index contributed by atoms with van der Waals surface area (Å²) >= 11 is 0. The van der Waals surface area contributed by atoms with E-state index in [-0.39, 0.29) is 0 Å². The lowest BCUT2D eigenvalue weighted by Gasteiger charge is -2.22. The average Bonchev–Trinajstić information content (AvgIpc) is 2.89. The van der Waals surface area contributed by atoms with Gasteiger partial charge in [0.05, 0.1) is 0 Å². The van der Waals surface area contributed by atoms with E-state index in [0.29, 0.717) is 5.92 Å². The summed E-state index contributed by atoms with van der Waals surface area (Å²) in [4.78, 5) is 9.53. The molecule has 1 fully saturated rings. The van der Waals surface area contributed by atoms with Crippen LogP contribution in [-0.4, -0.2) is 21.2 Å². The molecule has 2 aromatic heterocycles. The van der Waals surface area contributed by atoms with Gasteiger partial charge in [-0.1, -0.05) is 32.6 Å². The minimum absolute atomic E-state index is 0.585. The predicted octanol–water partition coefficient (Wildman–Crippen LogP) is 4.13. The monoisotopic (exact) mass is 286 g/mol. The fraction of sp³-hybridized carbons (Fsp3) is 0.647. The molecule has 3 rings (SSSR count). The van der Waals surface area contributed by atoms with Gasteiger partial charge in [-0.2, -0.15) is 0 Å². The van der Waals surface area contributed by atoms with Crippen molar-refractivity contribution in [3.8, 4) is 0 Å². The van der Waals surface area contributed by atoms with Crippen molar-refractivity contribution in [2.75, 3.05) is 12.0 Å². The lowest BCUT2D eigenvalue weighted by atomic mass is 9.89. The summed E-state index contributed by atoms with van der Waals surface area (Å²) < 4.78 is 2.17. The molecule has 21 heavy (non-hydrogen) atoms. The number of imidazole rings is 1. The molecule has 4 heteroatoms. The summed E-state index contributed by atoms with van der Waals surface area (Å²) in [6.45, 7) is 5.33. The van der Waals surface area contributed by atoms with Crippen LogP contribution in [-0.2, 0) is 0 Å². The average molecular weight is 286 g/mol. The molecule has 2 heterocycles. The Morgan fingerprint density at radius 2 is 2.10 bits per heavy atom. The molecule has 1 aliphatic carbocycles. The fourth-order valence-corrected chi connectivity index (χ4v) is 3.27. The van der Waals surface area contributed by atoms with Crippen molar-refractivity contribution < 1.29 is 0 Å². The Morgan fingerprint density at radius 3 is 2.86 bits per heavy atom. The Hall–Kier alpha value is -1.58. The lowest BCUT2D eigenvalue weighted by molar-refractivity contribution is 0.422. The number of unbranched alkanes of at least 4 members (excludes halogenated alkanes) is 1. The molecule has 1 saturated carbocycles. The van der Waals surface area contributed by atoms with Crippen LogP contribution in [0.1, 0.15) is 69.2 Å². The van der Waals surface area contributed by atoms with E-state index in [1.54, 1.807) is 0 Å². The van der Waals surface area contributed by atoms with Crippen LogP contribution in [0.15, 0.2) is 12.3 Å². The summed E-state index contributed by atoms with van der Waals surface area (Å²) in [5, 5.41) is 0. The maximum absolute atomic E-state index is 4.95. The van der Waals surface area contributed by atoms with Crippen molar-refractivity contribution in [2.24, 2.45) is 0 Å². The largest absolute Gasteiger partial charge is 0.323 e. The normalized spacial score (nSPS) is 16.5. The Labute approximate surface area is 127 Å². The van der Waals surface area contributed by atoms with Crippen LogP contribution in [0.5, 0.6) is 0 Å². The first-order valence-electron chi connectivity index (χ1n) is 8.39. The summed E-state index contributed by atoms with van der Waals surface area (Å²) in [6, 6.07) is 2.05. The van der Waals surface area contributed by atoms with E-state index in [2.05, 4.69) is 35.0 Å². The van der Waals surface area contributed by atoms with Crippen LogP contribution >= 0.6 is 0 Å². The molecule has 0 bridgehead atoms. The second-order valence-electron chi connectivity index (χ2n) is 6.20. The number of aromatic nitrogens is 3. The number of hydrogen-bond donors (Lipinski definition) is 1. The van der Waals surface area contributed by atoms with E-state index in [9.17, 15) is 0 Å². The number of nitrogens with zero attached hydrogens (tertiary/aromatic N) is 3. The third kappa shape index (κ3) is 2.89. The van der Waals surface area contributed by atoms with Gasteiger partial charge in [0.2, 0.25) is 0 Å². The third-order valence-corrected chi connectivity index (χ3v) is 4.54. The van der Waals surface area contributed by atoms with E-state index in [1.807, 2.05) is 6.20 Å². The minimum Gasteiger partial charge on any atom is -0.323 e. The van der Waals surface area contributed by atoms with Gasteiger partial charge >= 0.3 is 0 Å². The molecule has 114 valence electrons. The molecule has 4 nitrogen and oxygen atoms in total. The summed E-state index contributed by atoms with van der Waals surface area (Å²) in [6.07, 6.45) is 10.8. The van der Waals surface area contributed by atoms with Gasteiger partial charge in [0.25, 0.3) is 0 Å². The zero-order valence-electron chi connectivity index (χ0n) is 13.2. The van der Waals surface area contributed by atoms with Gasteiger partial charge in [-0.15, -0.1) is 0 Å². The molecular weight excluding hydrogens is 260 g/mol. The van der Waals surface area contributed by atoms with E-state index in [4.69, 9.17) is 4.98 Å². The first kappa shape index (κ1) is 14.4. The minimum atomic E-state index is 0.585. The fourth-order valence-electron chi connectivity index (χ4n) is 3.27. The van der Waals surface area contributed by atoms with Crippen LogP contribution in [0, 0.1) is 6.92 Å². The van der Waals surface area contributed by atoms with Gasteiger partial charge in [-0.05, 0) is 37.8 Å². The summed E-state index contributed by atoms with van der Waals surface area (Å²) in [5.41, 5.74) is 6.82. The molecule has 0 saturated heterocycles. The van der Waals surface area contributed by atoms with Crippen molar-refractivity contribution in [3.05, 3.63) is 23.7 Å². The van der Waals surface area contributed by atoms with E-state index in [1.165, 1.54) is 56.3 Å². The zero-order chi connectivity index (χ0) is 14.7. The van der Waals surface area contributed by atoms with Gasteiger partial charge in [0.1, 0.15) is 11.3 Å². The topological polar surface area (TPSA) is 42.7 Å². The maximum Gasteiger partial charge on any atom is 0.179 e. The number of fused-ring (bicyclic) bond motifs is 1. The molecule has 0 radical (unpaired) electrons. The Morgan fingerprint density at radius 1 is 1.29 bits per heavy atom. The highest BCUT2D eigenvalue weighted by Gasteiger charge is 2.23. The third-order valence-electron chi connectivity index (χ3n) is 4.54. The van der Waals surface area contributed by atoms with E-state index < -0.39 is 0 Å². The SMILES string of the molecule is CCCCNn1c(C2CCCCC2)nc2c(C)ccnc21. The van der Waals surface area contributed by atoms with E-state index in [0.717, 1.165) is 17.7 Å². The van der Waals surface area contributed by atoms with Gasteiger partial charge in [0.15, 0.2) is 5.65 Å². The van der Waals surface area contributed by atoms with Crippen LogP contribution in [0.3, 0.4) is 0 Å². The molecule has 1 N–H and O–H groups in total. The second kappa shape index (κ2) is 6.46. The van der Waals surface area contributed by atoms with Crippen LogP contribution in [0.2, 0.25) is 0 Å². The van der Waals surface area contributed by atoms with Crippen molar-refractivity contribution in [3.63, 3.8) is 0 Å². The highest BCUT2D eigenvalue weighted by molar-refractivity contribution is 5.75. The number of aryl methyl sites for hydroxylation is 1. The molecule has 0 unspecified atom stereocenters. The maximum atomic E-state index is 4.95. The van der Waals surface area contributed by atoms with Gasteiger partial charge in [-0.3, -0.25) is 0 Å². The lowest BCUT2D eigenvalue weighted by Crippen LogP contribution is -2.22. The molecule has 2 aromatic rings. The van der Waals surface area contributed by atoms with E-state index >= 15 is 0 Å². The van der Waals surface area contributed by atoms with Gasteiger partial charge < -0.3 is 5.43 Å². The molecule has 0 aliphatic heterocycles. The highest BCUT2D eigenvalue weighted by atomic mass is 15.5. The Balaban J connectivity index is 1.99. The quantitative estimate of drug-likeness (QED) is 0.840. The summed E-state index contributed by atoms with van der Waals surface area (Å²) in [5.74, 6) is 1.78. The Bertz CT molecular complexity index is 596. The molecule has 1 aliphatic rings. The Kier molecular flexibility index (Phi) is 4.42. The summed E-state index contributed by atoms with van der Waals surface area (Å²) in [7, 11) is 0. The van der Waals surface area contributed by atoms with Crippen molar-refractivity contribution in [2.45, 2.75) is 64.7 Å².